The number of alkyl halides is 1. The van der Waals surface area contributed by atoms with Crippen LogP contribution in [0.3, 0.4) is 0 Å². The number of Topliss-reactive ketones (excluding diaryl/α,β-unsaturated/α-hetero) is 2. The van der Waals surface area contributed by atoms with E-state index in [0.29, 0.717) is 0 Å². The zero-order chi connectivity index (χ0) is 22.0. The molecule has 0 aromatic heterocycles. The first-order valence-electron chi connectivity index (χ1n) is 10.2. The van der Waals surface area contributed by atoms with E-state index in [1.54, 1.807) is 34.6 Å². The van der Waals surface area contributed by atoms with Crippen LogP contribution in [0.5, 0.6) is 0 Å². The summed E-state index contributed by atoms with van der Waals surface area (Å²) in [5.41, 5.74) is -1.73. The van der Waals surface area contributed by atoms with Crippen LogP contribution in [0.2, 0.25) is 0 Å². The monoisotopic (exact) mass is 420 g/mol. The summed E-state index contributed by atoms with van der Waals surface area (Å²) in [6.07, 6.45) is -3.09. The second-order valence-electron chi connectivity index (χ2n) is 9.17. The second kappa shape index (κ2) is 9.98. The fraction of sp³-hybridized carbons (Fsp3) is 0.905. The van der Waals surface area contributed by atoms with Crippen molar-refractivity contribution in [1.82, 2.24) is 0 Å². The third kappa shape index (κ3) is 5.54. The van der Waals surface area contributed by atoms with Crippen molar-refractivity contribution in [3.63, 3.8) is 0 Å². The van der Waals surface area contributed by atoms with Crippen molar-refractivity contribution in [3.05, 3.63) is 0 Å². The SMILES string of the molecule is C[C@@H]1[C@@H](O)[C@@H](C)C[C@](C)(O)C(=O)[C@H](C)[C@@H](O)[C@@H](C)[C@@H](CCl)CC(=O)[C@H](C)[C@H]1O. The Balaban J connectivity index is 3.32. The first-order chi connectivity index (χ1) is 12.8. The number of aliphatic hydroxyl groups excluding tert-OH is 3. The molecular weight excluding hydrogens is 384 g/mol. The molecule has 0 spiro atoms. The molecule has 4 N–H and O–H groups in total. The molecule has 0 radical (unpaired) electrons. The summed E-state index contributed by atoms with van der Waals surface area (Å²) in [6.45, 7) is 9.68. The second-order valence-corrected chi connectivity index (χ2v) is 9.48. The summed E-state index contributed by atoms with van der Waals surface area (Å²) in [6, 6.07) is 0. The molecule has 1 saturated carbocycles. The van der Waals surface area contributed by atoms with Crippen LogP contribution in [0.1, 0.15) is 54.4 Å². The Labute approximate surface area is 173 Å². The fourth-order valence-corrected chi connectivity index (χ4v) is 4.81. The highest BCUT2D eigenvalue weighted by atomic mass is 35.5. The van der Waals surface area contributed by atoms with E-state index in [0.717, 1.165) is 0 Å². The summed E-state index contributed by atoms with van der Waals surface area (Å²) in [5, 5.41) is 42.8. The lowest BCUT2D eigenvalue weighted by molar-refractivity contribution is -0.148. The van der Waals surface area contributed by atoms with Crippen LogP contribution in [-0.4, -0.2) is 61.8 Å². The number of halogens is 1. The van der Waals surface area contributed by atoms with Crippen molar-refractivity contribution < 1.29 is 30.0 Å². The van der Waals surface area contributed by atoms with Crippen molar-refractivity contribution in [1.29, 1.82) is 0 Å². The average molecular weight is 421 g/mol. The Morgan fingerprint density at radius 2 is 1.43 bits per heavy atom. The van der Waals surface area contributed by atoms with Gasteiger partial charge in [-0.2, -0.15) is 0 Å². The molecule has 7 heteroatoms. The molecule has 10 atom stereocenters. The Morgan fingerprint density at radius 1 is 0.929 bits per heavy atom. The van der Waals surface area contributed by atoms with Crippen LogP contribution >= 0.6 is 11.6 Å². The van der Waals surface area contributed by atoms with Gasteiger partial charge >= 0.3 is 0 Å². The van der Waals surface area contributed by atoms with Gasteiger partial charge in [-0.15, -0.1) is 11.6 Å². The summed E-state index contributed by atoms with van der Waals surface area (Å²) in [7, 11) is 0. The first-order valence-corrected chi connectivity index (χ1v) is 10.7. The molecule has 1 rings (SSSR count). The zero-order valence-electron chi connectivity index (χ0n) is 17.8. The lowest BCUT2D eigenvalue weighted by Gasteiger charge is -2.38. The molecule has 0 aliphatic heterocycles. The Kier molecular flexibility index (Phi) is 9.10. The van der Waals surface area contributed by atoms with E-state index in [1.807, 2.05) is 0 Å². The smallest absolute Gasteiger partial charge is 0.169 e. The Hall–Kier alpha value is -0.530. The molecule has 0 aromatic carbocycles. The largest absolute Gasteiger partial charge is 0.392 e. The number of hydrogen-bond acceptors (Lipinski definition) is 6. The van der Waals surface area contributed by atoms with E-state index < -0.39 is 59.3 Å². The van der Waals surface area contributed by atoms with Crippen molar-refractivity contribution >= 4 is 23.2 Å². The fourth-order valence-electron chi connectivity index (χ4n) is 4.42. The number of aliphatic hydroxyl groups is 4. The number of ketones is 2. The van der Waals surface area contributed by atoms with E-state index >= 15 is 0 Å². The minimum absolute atomic E-state index is 0.0171. The molecule has 1 aliphatic carbocycles. The maximum atomic E-state index is 12.9. The van der Waals surface area contributed by atoms with Crippen LogP contribution in [0.25, 0.3) is 0 Å². The molecule has 0 saturated heterocycles. The van der Waals surface area contributed by atoms with E-state index in [1.165, 1.54) is 6.92 Å². The predicted octanol–water partition coefficient (Wildman–Crippen LogP) is 1.79. The summed E-state index contributed by atoms with van der Waals surface area (Å²) < 4.78 is 0. The van der Waals surface area contributed by atoms with E-state index in [2.05, 4.69) is 0 Å². The van der Waals surface area contributed by atoms with Gasteiger partial charge in [-0.05, 0) is 31.1 Å². The summed E-state index contributed by atoms with van der Waals surface area (Å²) in [4.78, 5) is 25.6. The van der Waals surface area contributed by atoms with Crippen LogP contribution in [0, 0.1) is 35.5 Å². The highest BCUT2D eigenvalue weighted by Crippen LogP contribution is 2.34. The standard InChI is InChI=1S/C21H37ClO6/c1-10-8-21(6,28)20(27)14(5)18(25)11(2)15(9-22)7-16(23)12(3)19(26)13(4)17(10)24/h10-15,17-19,24-26,28H,7-9H2,1-6H3/t10-,11-,12-,13+,14+,15+,17-,18-,19+,21-/m0/s1. The van der Waals surface area contributed by atoms with Crippen LogP contribution < -0.4 is 0 Å². The van der Waals surface area contributed by atoms with E-state index in [4.69, 9.17) is 11.6 Å². The molecule has 0 amide bonds. The Morgan fingerprint density at radius 3 is 1.93 bits per heavy atom. The van der Waals surface area contributed by atoms with Crippen molar-refractivity contribution in [2.75, 3.05) is 5.88 Å². The Bertz CT molecular complexity index is 551. The van der Waals surface area contributed by atoms with Crippen LogP contribution in [0.15, 0.2) is 0 Å². The minimum atomic E-state index is -1.73. The molecule has 0 heterocycles. The molecule has 0 bridgehead atoms. The maximum absolute atomic E-state index is 12.9. The molecule has 0 unspecified atom stereocenters. The van der Waals surface area contributed by atoms with Crippen molar-refractivity contribution in [3.8, 4) is 0 Å². The third-order valence-corrected chi connectivity index (χ3v) is 7.20. The highest BCUT2D eigenvalue weighted by Gasteiger charge is 2.43. The van der Waals surface area contributed by atoms with E-state index in [9.17, 15) is 30.0 Å². The normalized spacial score (nSPS) is 47.6. The van der Waals surface area contributed by atoms with Gasteiger partial charge < -0.3 is 20.4 Å². The van der Waals surface area contributed by atoms with Crippen LogP contribution in [0.4, 0.5) is 0 Å². The van der Waals surface area contributed by atoms with Gasteiger partial charge in [0, 0.05) is 30.1 Å². The maximum Gasteiger partial charge on any atom is 0.169 e. The lowest BCUT2D eigenvalue weighted by atomic mass is 9.72. The molecule has 1 fully saturated rings. The minimum Gasteiger partial charge on any atom is -0.392 e. The van der Waals surface area contributed by atoms with Gasteiger partial charge in [0.15, 0.2) is 5.78 Å². The van der Waals surface area contributed by atoms with Gasteiger partial charge in [0.2, 0.25) is 0 Å². The van der Waals surface area contributed by atoms with Crippen molar-refractivity contribution in [2.45, 2.75) is 78.3 Å². The predicted molar refractivity (Wildman–Crippen MR) is 108 cm³/mol. The van der Waals surface area contributed by atoms with Gasteiger partial charge in [-0.1, -0.05) is 34.6 Å². The van der Waals surface area contributed by atoms with E-state index in [-0.39, 0.29) is 30.4 Å². The highest BCUT2D eigenvalue weighted by molar-refractivity contribution is 6.18. The topological polar surface area (TPSA) is 115 Å². The quantitative estimate of drug-likeness (QED) is 0.481. The molecular formula is C21H37ClO6. The van der Waals surface area contributed by atoms with Gasteiger partial charge in [0.1, 0.15) is 11.4 Å². The molecule has 164 valence electrons. The van der Waals surface area contributed by atoms with Crippen molar-refractivity contribution in [2.24, 2.45) is 35.5 Å². The van der Waals surface area contributed by atoms with Gasteiger partial charge in [-0.25, -0.2) is 0 Å². The lowest BCUT2D eigenvalue weighted by Crippen LogP contribution is -2.49. The number of carbonyl (C=O) groups excluding carboxylic acids is 2. The number of rotatable bonds is 1. The average Bonchev–Trinajstić information content (AvgIpc) is 2.65. The first kappa shape index (κ1) is 25.5. The summed E-state index contributed by atoms with van der Waals surface area (Å²) >= 11 is 6.05. The van der Waals surface area contributed by atoms with Gasteiger partial charge in [-0.3, -0.25) is 9.59 Å². The molecule has 28 heavy (non-hydrogen) atoms. The summed E-state index contributed by atoms with van der Waals surface area (Å²) in [5.74, 6) is -4.04. The van der Waals surface area contributed by atoms with Gasteiger partial charge in [0.25, 0.3) is 0 Å². The number of carbonyl (C=O) groups is 2. The molecule has 6 nitrogen and oxygen atoms in total. The molecule has 1 aliphatic rings. The molecule has 0 aromatic rings. The zero-order valence-corrected chi connectivity index (χ0v) is 18.6. The van der Waals surface area contributed by atoms with Gasteiger partial charge in [0.05, 0.1) is 18.3 Å². The third-order valence-electron chi connectivity index (χ3n) is 6.80. The van der Waals surface area contributed by atoms with Crippen LogP contribution in [-0.2, 0) is 9.59 Å². The number of hydrogen-bond donors (Lipinski definition) is 4.